The summed E-state index contributed by atoms with van der Waals surface area (Å²) in [7, 11) is 0. The molecular formula is C32H31ClF2N2O4. The maximum atomic E-state index is 16.2. The van der Waals surface area contributed by atoms with E-state index in [1.165, 1.54) is 6.07 Å². The molecule has 3 atom stereocenters. The van der Waals surface area contributed by atoms with Crippen LogP contribution in [0, 0.1) is 11.6 Å². The van der Waals surface area contributed by atoms with Crippen molar-refractivity contribution in [3.8, 4) is 22.6 Å². The van der Waals surface area contributed by atoms with E-state index in [-0.39, 0.29) is 57.7 Å². The summed E-state index contributed by atoms with van der Waals surface area (Å²) in [5, 5.41) is 13.7. The van der Waals surface area contributed by atoms with Crippen LogP contribution < -0.4 is 20.5 Å². The summed E-state index contributed by atoms with van der Waals surface area (Å²) in [6.45, 7) is 2.25. The summed E-state index contributed by atoms with van der Waals surface area (Å²) in [4.78, 5) is 12.7. The van der Waals surface area contributed by atoms with Gasteiger partial charge in [0, 0.05) is 53.2 Å². The first kappa shape index (κ1) is 26.7. The number of rotatable bonds is 6. The van der Waals surface area contributed by atoms with Crippen molar-refractivity contribution in [3.05, 3.63) is 81.4 Å². The zero-order valence-electron chi connectivity index (χ0n) is 22.6. The Bertz CT molecular complexity index is 1570. The van der Waals surface area contributed by atoms with Gasteiger partial charge in [0.2, 0.25) is 5.91 Å². The first-order chi connectivity index (χ1) is 19.6. The third-order valence-corrected chi connectivity index (χ3v) is 9.63. The van der Waals surface area contributed by atoms with E-state index in [0.29, 0.717) is 30.5 Å². The fraction of sp³-hybridized carbons (Fsp3) is 0.406. The maximum Gasteiger partial charge on any atom is 0.249 e. The van der Waals surface area contributed by atoms with Gasteiger partial charge in [0.15, 0.2) is 17.2 Å². The molecule has 2 unspecified atom stereocenters. The largest absolute Gasteiger partial charge is 0.486 e. The number of aliphatic hydroxyl groups is 1. The van der Waals surface area contributed by atoms with Crippen molar-refractivity contribution in [2.45, 2.75) is 74.7 Å². The lowest BCUT2D eigenvalue weighted by molar-refractivity contribution is 0.0104. The number of halogens is 3. The summed E-state index contributed by atoms with van der Waals surface area (Å²) in [6, 6.07) is 12.6. The van der Waals surface area contributed by atoms with E-state index in [1.54, 1.807) is 6.07 Å². The number of hydrogen-bond acceptors (Lipinski definition) is 5. The molecule has 0 saturated heterocycles. The number of fused-ring (bicyclic) bond motifs is 4. The number of carbonyl (C=O) groups excluding carboxylic acids is 1. The van der Waals surface area contributed by atoms with Gasteiger partial charge in [-0.1, -0.05) is 41.9 Å². The fourth-order valence-electron chi connectivity index (χ4n) is 6.82. The molecule has 2 aliphatic carbocycles. The normalized spacial score (nSPS) is 29.2. The number of benzene rings is 3. The predicted molar refractivity (Wildman–Crippen MR) is 150 cm³/mol. The third-order valence-electron chi connectivity index (χ3n) is 9.26. The number of hydrogen-bond donors (Lipinski definition) is 3. The summed E-state index contributed by atoms with van der Waals surface area (Å²) in [5.74, 6) is -2.04. The Morgan fingerprint density at radius 2 is 1.90 bits per heavy atom. The van der Waals surface area contributed by atoms with Crippen molar-refractivity contribution in [2.75, 3.05) is 6.54 Å². The van der Waals surface area contributed by atoms with Gasteiger partial charge in [-0.15, -0.1) is 0 Å². The predicted octanol–water partition coefficient (Wildman–Crippen LogP) is 5.75. The lowest BCUT2D eigenvalue weighted by Crippen LogP contribution is -2.48. The van der Waals surface area contributed by atoms with Gasteiger partial charge in [0.1, 0.15) is 17.7 Å². The van der Waals surface area contributed by atoms with Crippen LogP contribution in [-0.4, -0.2) is 35.3 Å². The van der Waals surface area contributed by atoms with Gasteiger partial charge >= 0.3 is 0 Å². The van der Waals surface area contributed by atoms with Crippen molar-refractivity contribution >= 4 is 17.5 Å². The van der Waals surface area contributed by atoms with Gasteiger partial charge in [-0.2, -0.15) is 0 Å². The second-order valence-corrected chi connectivity index (χ2v) is 12.6. The van der Waals surface area contributed by atoms with E-state index in [1.807, 2.05) is 37.3 Å². The zero-order valence-corrected chi connectivity index (χ0v) is 23.4. The average Bonchev–Trinajstić information content (AvgIpc) is 3.48. The molecule has 3 aromatic rings. The highest BCUT2D eigenvalue weighted by molar-refractivity contribution is 6.34. The molecule has 3 aromatic carbocycles. The van der Waals surface area contributed by atoms with Crippen molar-refractivity contribution in [1.82, 2.24) is 5.32 Å². The Balaban J connectivity index is 1.33. The Kier molecular flexibility index (Phi) is 6.12. The molecule has 2 heterocycles. The van der Waals surface area contributed by atoms with Crippen LogP contribution in [0.2, 0.25) is 5.02 Å². The average molecular weight is 581 g/mol. The second kappa shape index (κ2) is 9.41. The van der Waals surface area contributed by atoms with Gasteiger partial charge in [-0.25, -0.2) is 8.78 Å². The van der Waals surface area contributed by atoms with Crippen LogP contribution in [-0.2, 0) is 12.0 Å². The van der Waals surface area contributed by atoms with Crippen LogP contribution in [0.1, 0.15) is 72.0 Å². The van der Waals surface area contributed by atoms with Crippen LogP contribution in [0.3, 0.4) is 0 Å². The van der Waals surface area contributed by atoms with Crippen molar-refractivity contribution < 1.29 is 28.2 Å². The van der Waals surface area contributed by atoms with Gasteiger partial charge < -0.3 is 25.6 Å². The summed E-state index contributed by atoms with van der Waals surface area (Å²) < 4.78 is 44.0. The monoisotopic (exact) mass is 580 g/mol. The Morgan fingerprint density at radius 3 is 2.61 bits per heavy atom. The molecule has 0 aromatic heterocycles. The molecule has 1 amide bonds. The van der Waals surface area contributed by atoms with Crippen LogP contribution in [0.4, 0.5) is 8.78 Å². The van der Waals surface area contributed by atoms with Crippen LogP contribution in [0.25, 0.3) is 11.1 Å². The van der Waals surface area contributed by atoms with Crippen molar-refractivity contribution in [3.63, 3.8) is 0 Å². The summed E-state index contributed by atoms with van der Waals surface area (Å²) >= 11 is 6.58. The number of nitrogens with one attached hydrogen (secondary N) is 1. The highest BCUT2D eigenvalue weighted by Crippen LogP contribution is 2.57. The molecule has 2 saturated carbocycles. The third kappa shape index (κ3) is 4.39. The minimum absolute atomic E-state index is 0.0315. The highest BCUT2D eigenvalue weighted by Gasteiger charge is 2.51. The Morgan fingerprint density at radius 1 is 1.17 bits per heavy atom. The SMILES string of the molecule is C[C@]1(O)CC[C@H](NC[C@@]2(c3ccccc3)Cc3c(cc(F)c(Cl)c3-c3c(C(N)=O)cc4c(c3F)OC3CC43)O2)CC1. The van der Waals surface area contributed by atoms with E-state index in [2.05, 4.69) is 5.32 Å². The molecular weight excluding hydrogens is 550 g/mol. The summed E-state index contributed by atoms with van der Waals surface area (Å²) in [6.07, 6.45) is 3.88. The molecule has 4 N–H and O–H groups in total. The molecule has 0 spiro atoms. The number of ether oxygens (including phenoxy) is 2. The van der Waals surface area contributed by atoms with E-state index in [9.17, 15) is 9.90 Å². The molecule has 4 aliphatic rings. The molecule has 6 nitrogen and oxygen atoms in total. The molecule has 0 radical (unpaired) electrons. The van der Waals surface area contributed by atoms with E-state index >= 15 is 8.78 Å². The minimum atomic E-state index is -0.951. The molecule has 2 fully saturated rings. The molecule has 9 heteroatoms. The Hall–Kier alpha value is -3.20. The second-order valence-electron chi connectivity index (χ2n) is 12.2. The van der Waals surface area contributed by atoms with Crippen LogP contribution >= 0.6 is 11.6 Å². The standard InChI is InChI=1S/C32H31ClF2N2O4/c1-31(39)9-7-17(8-10-31)37-15-32(16-5-3-2-4-6-16)14-21-24(41-32)13-22(34)27(33)25(21)26-20(30(36)38)11-19-18-12-23(18)40-29(19)28(26)35/h2-6,11,13,17-18,23,37,39H,7-10,12,14-15H2,1H3,(H2,36,38)/t17-,18?,23?,31-,32-/m1/s1. The number of amides is 1. The first-order valence-electron chi connectivity index (χ1n) is 14.1. The quantitative estimate of drug-likeness (QED) is 0.345. The molecule has 0 bridgehead atoms. The smallest absolute Gasteiger partial charge is 0.249 e. The van der Waals surface area contributed by atoms with Crippen LogP contribution in [0.5, 0.6) is 11.5 Å². The molecule has 214 valence electrons. The van der Waals surface area contributed by atoms with E-state index in [0.717, 1.165) is 24.8 Å². The fourth-order valence-corrected chi connectivity index (χ4v) is 7.09. The molecule has 7 rings (SSSR count). The van der Waals surface area contributed by atoms with Crippen molar-refractivity contribution in [2.24, 2.45) is 5.73 Å². The number of carbonyl (C=O) groups is 1. The maximum absolute atomic E-state index is 16.2. The highest BCUT2D eigenvalue weighted by atomic mass is 35.5. The zero-order chi connectivity index (χ0) is 28.7. The van der Waals surface area contributed by atoms with E-state index in [4.69, 9.17) is 26.8 Å². The Labute approximate surface area is 241 Å². The van der Waals surface area contributed by atoms with E-state index < -0.39 is 28.7 Å². The molecule has 41 heavy (non-hydrogen) atoms. The van der Waals surface area contributed by atoms with Gasteiger partial charge in [-0.3, -0.25) is 4.79 Å². The van der Waals surface area contributed by atoms with Gasteiger partial charge in [0.25, 0.3) is 0 Å². The topological polar surface area (TPSA) is 93.8 Å². The van der Waals surface area contributed by atoms with Crippen LogP contribution in [0.15, 0.2) is 42.5 Å². The van der Waals surface area contributed by atoms with Gasteiger partial charge in [0.05, 0.1) is 16.2 Å². The minimum Gasteiger partial charge on any atom is -0.486 e. The molecule has 2 aliphatic heterocycles. The number of nitrogens with two attached hydrogens (primary N) is 1. The van der Waals surface area contributed by atoms with Gasteiger partial charge in [-0.05, 0) is 50.7 Å². The lowest BCUT2D eigenvalue weighted by Gasteiger charge is -2.36. The number of primary amides is 1. The first-order valence-corrected chi connectivity index (χ1v) is 14.5. The summed E-state index contributed by atoms with van der Waals surface area (Å²) in [5.41, 5.74) is 5.96. The lowest BCUT2D eigenvalue weighted by atomic mass is 9.82. The van der Waals surface area contributed by atoms with Crippen molar-refractivity contribution in [1.29, 1.82) is 0 Å².